The number of nitrogens with zero attached hydrogens (tertiary/aromatic N) is 5. The van der Waals surface area contributed by atoms with Crippen LogP contribution in [-0.2, 0) is 0 Å². The zero-order valence-electron chi connectivity index (χ0n) is 17.6. The van der Waals surface area contributed by atoms with Crippen LogP contribution in [0.5, 0.6) is 0 Å². The largest absolute Gasteiger partial charge is 0.380 e. The molecule has 0 spiro atoms. The predicted octanol–water partition coefficient (Wildman–Crippen LogP) is 2.07. The maximum atomic E-state index is 12.0. The number of carbonyl (C=O) groups is 1. The highest BCUT2D eigenvalue weighted by Crippen LogP contribution is 2.36. The van der Waals surface area contributed by atoms with Crippen molar-refractivity contribution in [2.45, 2.75) is 25.8 Å². The van der Waals surface area contributed by atoms with Gasteiger partial charge in [0.15, 0.2) is 0 Å². The number of hydrogen-bond acceptors (Lipinski definition) is 7. The Balaban J connectivity index is 1.61. The molecule has 1 amide bonds. The van der Waals surface area contributed by atoms with E-state index in [0.29, 0.717) is 17.4 Å². The van der Waals surface area contributed by atoms with Crippen molar-refractivity contribution in [2.75, 3.05) is 37.8 Å². The van der Waals surface area contributed by atoms with E-state index in [0.717, 1.165) is 35.4 Å². The average molecular weight is 409 g/mol. The van der Waals surface area contributed by atoms with Gasteiger partial charge in [0, 0.05) is 48.8 Å². The maximum Gasteiger partial charge on any atom is 0.252 e. The first-order valence-corrected chi connectivity index (χ1v) is 10.2. The Morgan fingerprint density at radius 1 is 1.27 bits per heavy atom. The molecule has 3 aromatic rings. The Labute approximate surface area is 175 Å². The summed E-state index contributed by atoms with van der Waals surface area (Å²) in [5.74, 6) is 0.739. The molecule has 4 rings (SSSR count). The van der Waals surface area contributed by atoms with E-state index in [1.54, 1.807) is 16.9 Å². The van der Waals surface area contributed by atoms with Gasteiger partial charge in [-0.3, -0.25) is 4.79 Å². The average Bonchev–Trinajstić information content (AvgIpc) is 3.47. The fourth-order valence-corrected chi connectivity index (χ4v) is 3.45. The van der Waals surface area contributed by atoms with Gasteiger partial charge in [-0.1, -0.05) is 0 Å². The van der Waals surface area contributed by atoms with Crippen LogP contribution in [0.1, 0.15) is 30.1 Å². The van der Waals surface area contributed by atoms with E-state index in [4.69, 9.17) is 5.73 Å². The molecule has 158 valence electrons. The van der Waals surface area contributed by atoms with Crippen molar-refractivity contribution >= 4 is 23.1 Å². The minimum atomic E-state index is -0.491. The number of primary amides is 1. The van der Waals surface area contributed by atoms with Crippen molar-refractivity contribution in [1.29, 1.82) is 0 Å². The van der Waals surface area contributed by atoms with E-state index < -0.39 is 5.91 Å². The van der Waals surface area contributed by atoms with Gasteiger partial charge in [0.25, 0.3) is 5.91 Å². The topological polar surface area (TPSA) is 113 Å². The minimum Gasteiger partial charge on any atom is -0.380 e. The molecule has 0 aromatic carbocycles. The number of anilines is 2. The first-order valence-electron chi connectivity index (χ1n) is 10.2. The first kappa shape index (κ1) is 20.1. The van der Waals surface area contributed by atoms with Crippen LogP contribution in [0.3, 0.4) is 0 Å². The molecule has 1 saturated carbocycles. The molecule has 3 heterocycles. The van der Waals surface area contributed by atoms with Crippen LogP contribution in [0.15, 0.2) is 30.9 Å². The normalized spacial score (nSPS) is 14.8. The molecular weight excluding hydrogens is 380 g/mol. The summed E-state index contributed by atoms with van der Waals surface area (Å²) in [5, 5.41) is 11.1. The van der Waals surface area contributed by atoms with Gasteiger partial charge in [-0.15, -0.1) is 0 Å². The van der Waals surface area contributed by atoms with Crippen molar-refractivity contribution in [3.63, 3.8) is 0 Å². The van der Waals surface area contributed by atoms with Gasteiger partial charge < -0.3 is 21.3 Å². The van der Waals surface area contributed by atoms with E-state index >= 15 is 0 Å². The molecule has 1 aliphatic rings. The summed E-state index contributed by atoms with van der Waals surface area (Å²) in [6.45, 7) is 3.81. The highest BCUT2D eigenvalue weighted by Gasteiger charge is 2.29. The Morgan fingerprint density at radius 2 is 2.00 bits per heavy atom. The van der Waals surface area contributed by atoms with Gasteiger partial charge in [-0.05, 0) is 45.8 Å². The molecule has 0 radical (unpaired) electrons. The molecule has 1 aliphatic carbocycles. The van der Waals surface area contributed by atoms with Crippen molar-refractivity contribution in [3.05, 3.63) is 36.4 Å². The lowest BCUT2D eigenvalue weighted by Crippen LogP contribution is -2.22. The number of nitrogens with two attached hydrogens (primary N) is 1. The predicted molar refractivity (Wildman–Crippen MR) is 118 cm³/mol. The van der Waals surface area contributed by atoms with E-state index in [1.807, 2.05) is 26.4 Å². The van der Waals surface area contributed by atoms with Crippen LogP contribution < -0.4 is 16.4 Å². The number of fused-ring (bicyclic) bond motifs is 1. The molecule has 0 unspecified atom stereocenters. The van der Waals surface area contributed by atoms with E-state index in [-0.39, 0.29) is 6.04 Å². The second-order valence-corrected chi connectivity index (χ2v) is 8.15. The Bertz CT molecular complexity index is 1040. The summed E-state index contributed by atoms with van der Waals surface area (Å²) < 4.78 is 1.76. The smallest absolute Gasteiger partial charge is 0.252 e. The number of likely N-dealkylation sites (N-methyl/N-ethyl adjacent to an activating group) is 1. The Morgan fingerprint density at radius 3 is 2.63 bits per heavy atom. The lowest BCUT2D eigenvalue weighted by molar-refractivity contribution is 0.100. The summed E-state index contributed by atoms with van der Waals surface area (Å²) in [6, 6.07) is 2.25. The third-order valence-corrected chi connectivity index (χ3v) is 5.43. The van der Waals surface area contributed by atoms with Gasteiger partial charge in [-0.2, -0.15) is 5.10 Å². The Hall–Kier alpha value is -3.20. The molecule has 0 bridgehead atoms. The summed E-state index contributed by atoms with van der Waals surface area (Å²) in [6.07, 6.45) is 9.42. The monoisotopic (exact) mass is 408 g/mol. The van der Waals surface area contributed by atoms with Gasteiger partial charge in [0.1, 0.15) is 0 Å². The van der Waals surface area contributed by atoms with Crippen molar-refractivity contribution in [1.82, 2.24) is 24.5 Å². The number of hydrogen-bond donors (Lipinski definition) is 3. The number of aromatic nitrogens is 4. The third-order valence-electron chi connectivity index (χ3n) is 5.43. The molecule has 1 atom stereocenters. The standard InChI is InChI=1S/C21H28N8O/c1-13(14-4-5-14)27-19-17(20(22)30)11-26-29-12-15(8-18(19)29)16-9-24-21(25-10-16)23-6-7-28(2)3/h8-14,27H,4-7H2,1-3H3,(H2,22,30)(H,23,24,25)/t13-/m1/s1. The number of carbonyl (C=O) groups excluding carboxylic acids is 1. The van der Waals surface area contributed by atoms with Crippen LogP contribution in [0.4, 0.5) is 11.6 Å². The summed E-state index contributed by atoms with van der Waals surface area (Å²) in [4.78, 5) is 22.9. The first-order chi connectivity index (χ1) is 14.4. The quantitative estimate of drug-likeness (QED) is 0.497. The summed E-state index contributed by atoms with van der Waals surface area (Å²) in [5.41, 5.74) is 9.34. The van der Waals surface area contributed by atoms with Crippen LogP contribution in [0, 0.1) is 5.92 Å². The second-order valence-electron chi connectivity index (χ2n) is 8.15. The van der Waals surface area contributed by atoms with Gasteiger partial charge >= 0.3 is 0 Å². The number of amides is 1. The molecule has 0 saturated heterocycles. The molecule has 30 heavy (non-hydrogen) atoms. The van der Waals surface area contributed by atoms with Crippen molar-refractivity contribution < 1.29 is 4.79 Å². The number of nitrogens with one attached hydrogen (secondary N) is 2. The molecule has 3 aromatic heterocycles. The van der Waals surface area contributed by atoms with E-state index in [1.165, 1.54) is 19.0 Å². The summed E-state index contributed by atoms with van der Waals surface area (Å²) in [7, 11) is 4.05. The van der Waals surface area contributed by atoms with Gasteiger partial charge in [-0.25, -0.2) is 14.5 Å². The minimum absolute atomic E-state index is 0.267. The molecule has 4 N–H and O–H groups in total. The van der Waals surface area contributed by atoms with Crippen LogP contribution in [0.2, 0.25) is 0 Å². The number of rotatable bonds is 9. The van der Waals surface area contributed by atoms with Crippen molar-refractivity contribution in [3.8, 4) is 11.1 Å². The summed E-state index contributed by atoms with van der Waals surface area (Å²) >= 11 is 0. The lowest BCUT2D eigenvalue weighted by atomic mass is 10.1. The highest BCUT2D eigenvalue weighted by atomic mass is 16.1. The van der Waals surface area contributed by atoms with Crippen molar-refractivity contribution in [2.24, 2.45) is 11.7 Å². The zero-order valence-corrected chi connectivity index (χ0v) is 17.6. The fourth-order valence-electron chi connectivity index (χ4n) is 3.45. The van der Waals surface area contributed by atoms with Gasteiger partial charge in [0.2, 0.25) is 5.95 Å². The maximum absolute atomic E-state index is 12.0. The van der Waals surface area contributed by atoms with Crippen LogP contribution in [-0.4, -0.2) is 63.6 Å². The SMILES string of the molecule is C[C@@H](Nc1c(C(N)=O)cnn2cc(-c3cnc(NCCN(C)C)nc3)cc12)C1CC1. The van der Waals surface area contributed by atoms with E-state index in [9.17, 15) is 4.79 Å². The molecule has 9 nitrogen and oxygen atoms in total. The van der Waals surface area contributed by atoms with Gasteiger partial charge in [0.05, 0.1) is 23.0 Å². The van der Waals surface area contributed by atoms with Crippen LogP contribution >= 0.6 is 0 Å². The zero-order chi connectivity index (χ0) is 21.3. The fraction of sp³-hybridized carbons (Fsp3) is 0.429. The third kappa shape index (κ3) is 4.35. The molecule has 1 fully saturated rings. The second kappa shape index (κ2) is 8.27. The molecule has 0 aliphatic heterocycles. The Kier molecular flexibility index (Phi) is 5.54. The lowest BCUT2D eigenvalue weighted by Gasteiger charge is -2.17. The van der Waals surface area contributed by atoms with E-state index in [2.05, 4.69) is 37.5 Å². The van der Waals surface area contributed by atoms with Crippen LogP contribution in [0.25, 0.3) is 16.6 Å². The highest BCUT2D eigenvalue weighted by molar-refractivity contribution is 6.02. The molecule has 9 heteroatoms. The molecular formula is C21H28N8O.